The van der Waals surface area contributed by atoms with Gasteiger partial charge in [0.1, 0.15) is 5.75 Å². The zero-order valence-electron chi connectivity index (χ0n) is 19.2. The highest BCUT2D eigenvalue weighted by molar-refractivity contribution is 6.07. The Hall–Kier alpha value is -2.88. The predicted octanol–water partition coefficient (Wildman–Crippen LogP) is 6.24. The normalized spacial score (nSPS) is 22.9. The van der Waals surface area contributed by atoms with E-state index < -0.39 is 0 Å². The first kappa shape index (κ1) is 21.0. The van der Waals surface area contributed by atoms with Crippen molar-refractivity contribution < 1.29 is 9.53 Å². The van der Waals surface area contributed by atoms with Crippen molar-refractivity contribution in [3.63, 3.8) is 0 Å². The Balaban J connectivity index is 1.50. The van der Waals surface area contributed by atoms with Crippen LogP contribution in [0.15, 0.2) is 54.6 Å². The van der Waals surface area contributed by atoms with Gasteiger partial charge in [0, 0.05) is 17.0 Å². The molecule has 3 aromatic rings. The number of ether oxygens (including phenoxy) is 1. The summed E-state index contributed by atoms with van der Waals surface area (Å²) in [7, 11) is 0. The third-order valence-electron chi connectivity index (χ3n) is 7.28. The molecule has 4 heteroatoms. The number of amides is 1. The molecule has 2 aliphatic rings. The number of hydrogen-bond acceptors (Lipinski definition) is 3. The number of hydrogen-bond donors (Lipinski definition) is 1. The van der Waals surface area contributed by atoms with Crippen LogP contribution in [-0.4, -0.2) is 23.0 Å². The van der Waals surface area contributed by atoms with E-state index in [1.165, 1.54) is 25.7 Å². The quantitative estimate of drug-likeness (QED) is 0.505. The number of para-hydroxylation sites is 2. The van der Waals surface area contributed by atoms with Gasteiger partial charge in [0.2, 0.25) is 0 Å². The Bertz CT molecular complexity index is 1140. The third kappa shape index (κ3) is 3.99. The van der Waals surface area contributed by atoms with Crippen LogP contribution in [0.1, 0.15) is 56.8 Å². The first-order valence-electron chi connectivity index (χ1n) is 12.0. The van der Waals surface area contributed by atoms with Crippen LogP contribution in [0.2, 0.25) is 0 Å². The van der Waals surface area contributed by atoms with Gasteiger partial charge in [-0.3, -0.25) is 4.79 Å². The molecule has 4 atom stereocenters. The number of carbonyl (C=O) groups excluding carboxylic acids is 1. The average Bonchev–Trinajstić information content (AvgIpc) is 3.42. The van der Waals surface area contributed by atoms with Crippen LogP contribution in [-0.2, 0) is 0 Å². The van der Waals surface area contributed by atoms with E-state index in [-0.39, 0.29) is 18.1 Å². The zero-order chi connectivity index (χ0) is 22.2. The van der Waals surface area contributed by atoms with E-state index in [1.54, 1.807) is 0 Å². The molecule has 2 saturated carbocycles. The molecular formula is C28H32N2O2. The van der Waals surface area contributed by atoms with Crippen LogP contribution in [0.4, 0.5) is 0 Å². The molecule has 166 valence electrons. The summed E-state index contributed by atoms with van der Waals surface area (Å²) in [6.45, 7) is 6.21. The van der Waals surface area contributed by atoms with Crippen molar-refractivity contribution in [2.45, 2.75) is 58.6 Å². The van der Waals surface area contributed by atoms with E-state index in [0.717, 1.165) is 39.7 Å². The maximum absolute atomic E-state index is 13.5. The molecule has 1 amide bonds. The minimum absolute atomic E-state index is 0.0117. The number of rotatable bonds is 6. The molecule has 0 saturated heterocycles. The van der Waals surface area contributed by atoms with Crippen molar-refractivity contribution in [3.05, 3.63) is 60.2 Å². The zero-order valence-corrected chi connectivity index (χ0v) is 19.2. The summed E-state index contributed by atoms with van der Waals surface area (Å²) in [5, 5.41) is 4.23. The first-order chi connectivity index (χ1) is 15.5. The second kappa shape index (κ2) is 8.57. The van der Waals surface area contributed by atoms with E-state index in [1.807, 2.05) is 68.4 Å². The van der Waals surface area contributed by atoms with Gasteiger partial charge in [-0.1, -0.05) is 36.8 Å². The van der Waals surface area contributed by atoms with Gasteiger partial charge in [0.05, 0.1) is 22.9 Å². The Morgan fingerprint density at radius 3 is 2.56 bits per heavy atom. The van der Waals surface area contributed by atoms with Crippen LogP contribution in [0, 0.1) is 17.8 Å². The van der Waals surface area contributed by atoms with Gasteiger partial charge in [-0.15, -0.1) is 0 Å². The number of fused-ring (bicyclic) bond motifs is 3. The predicted molar refractivity (Wildman–Crippen MR) is 129 cm³/mol. The fraction of sp³-hybridized carbons (Fsp3) is 0.429. The summed E-state index contributed by atoms with van der Waals surface area (Å²) in [5.41, 5.74) is 3.17. The molecule has 2 fully saturated rings. The van der Waals surface area contributed by atoms with E-state index >= 15 is 0 Å². The maximum Gasteiger partial charge on any atom is 0.252 e. The second-order valence-electron chi connectivity index (χ2n) is 9.84. The van der Waals surface area contributed by atoms with Crippen LogP contribution in [0.25, 0.3) is 22.2 Å². The third-order valence-corrected chi connectivity index (χ3v) is 7.28. The van der Waals surface area contributed by atoms with Crippen LogP contribution in [0.5, 0.6) is 5.75 Å². The number of carbonyl (C=O) groups is 1. The van der Waals surface area contributed by atoms with Gasteiger partial charge in [0.15, 0.2) is 0 Å². The molecule has 32 heavy (non-hydrogen) atoms. The minimum atomic E-state index is -0.0117. The van der Waals surface area contributed by atoms with Gasteiger partial charge in [0.25, 0.3) is 5.91 Å². The van der Waals surface area contributed by atoms with Gasteiger partial charge < -0.3 is 10.1 Å². The largest absolute Gasteiger partial charge is 0.490 e. The van der Waals surface area contributed by atoms with E-state index in [2.05, 4.69) is 12.2 Å². The Labute approximate surface area is 190 Å². The van der Waals surface area contributed by atoms with Crippen molar-refractivity contribution in [1.29, 1.82) is 0 Å². The Kier molecular flexibility index (Phi) is 5.62. The second-order valence-corrected chi connectivity index (χ2v) is 9.84. The number of aromatic nitrogens is 1. The van der Waals surface area contributed by atoms with Crippen molar-refractivity contribution in [3.8, 4) is 17.0 Å². The van der Waals surface area contributed by atoms with Crippen LogP contribution in [0.3, 0.4) is 0 Å². The highest BCUT2D eigenvalue weighted by Gasteiger charge is 2.42. The van der Waals surface area contributed by atoms with Gasteiger partial charge >= 0.3 is 0 Å². The fourth-order valence-corrected chi connectivity index (χ4v) is 5.83. The van der Waals surface area contributed by atoms with Crippen molar-refractivity contribution in [2.24, 2.45) is 17.8 Å². The van der Waals surface area contributed by atoms with E-state index in [9.17, 15) is 4.79 Å². The molecule has 0 spiro atoms. The molecule has 2 bridgehead atoms. The molecule has 5 rings (SSSR count). The molecule has 1 heterocycles. The van der Waals surface area contributed by atoms with Crippen LogP contribution >= 0.6 is 0 Å². The van der Waals surface area contributed by atoms with Crippen molar-refractivity contribution in [2.75, 3.05) is 0 Å². The highest BCUT2D eigenvalue weighted by atomic mass is 16.5. The molecule has 1 aromatic heterocycles. The summed E-state index contributed by atoms with van der Waals surface area (Å²) in [6, 6.07) is 17.9. The number of nitrogens with zero attached hydrogens (tertiary/aromatic N) is 1. The topological polar surface area (TPSA) is 51.2 Å². The van der Waals surface area contributed by atoms with Gasteiger partial charge in [-0.05, 0) is 82.1 Å². The molecular weight excluding hydrogens is 396 g/mol. The summed E-state index contributed by atoms with van der Waals surface area (Å²) in [5.74, 6) is 3.02. The minimum Gasteiger partial charge on any atom is -0.490 e. The monoisotopic (exact) mass is 428 g/mol. The van der Waals surface area contributed by atoms with Crippen molar-refractivity contribution >= 4 is 16.8 Å². The first-order valence-corrected chi connectivity index (χ1v) is 12.0. The maximum atomic E-state index is 13.5. The average molecular weight is 429 g/mol. The number of pyridine rings is 1. The highest BCUT2D eigenvalue weighted by Crippen LogP contribution is 2.49. The molecule has 0 radical (unpaired) electrons. The molecule has 4 nitrogen and oxygen atoms in total. The lowest BCUT2D eigenvalue weighted by Gasteiger charge is -2.28. The van der Waals surface area contributed by atoms with Crippen molar-refractivity contribution in [1.82, 2.24) is 10.3 Å². The Morgan fingerprint density at radius 1 is 1.03 bits per heavy atom. The molecule has 2 aliphatic carbocycles. The summed E-state index contributed by atoms with van der Waals surface area (Å²) in [4.78, 5) is 18.4. The number of benzene rings is 2. The van der Waals surface area contributed by atoms with E-state index in [4.69, 9.17) is 9.72 Å². The van der Waals surface area contributed by atoms with Crippen LogP contribution < -0.4 is 10.1 Å². The summed E-state index contributed by atoms with van der Waals surface area (Å²) >= 11 is 0. The fourth-order valence-electron chi connectivity index (χ4n) is 5.83. The lowest BCUT2D eigenvalue weighted by atomic mass is 9.84. The summed E-state index contributed by atoms with van der Waals surface area (Å²) in [6.07, 6.45) is 5.36. The van der Waals surface area contributed by atoms with Gasteiger partial charge in [-0.25, -0.2) is 4.98 Å². The molecule has 0 aliphatic heterocycles. The summed E-state index contributed by atoms with van der Waals surface area (Å²) < 4.78 is 6.03. The SMILES string of the molecule is CC(C)Oc1ccccc1-c1cc(C(=O)N[C@H](C)[C@H]2C[C@@H]3CC[C@@H]2C3)c2ccccc2n1. The Morgan fingerprint density at radius 2 is 1.81 bits per heavy atom. The number of nitrogens with one attached hydrogen (secondary N) is 1. The standard InChI is InChI=1S/C28H32N2O2/c1-17(2)32-27-11-7-5-9-22(27)26-16-24(21-8-4-6-10-25(21)30-26)28(31)29-18(3)23-15-19-12-13-20(23)14-19/h4-11,16-20,23H,12-15H2,1-3H3,(H,29,31)/t18-,19-,20-,23-/m1/s1. The van der Waals surface area contributed by atoms with E-state index in [0.29, 0.717) is 11.5 Å². The molecule has 0 unspecified atom stereocenters. The lowest BCUT2D eigenvalue weighted by Crippen LogP contribution is -2.40. The lowest BCUT2D eigenvalue weighted by molar-refractivity contribution is 0.0917. The molecule has 1 N–H and O–H groups in total. The smallest absolute Gasteiger partial charge is 0.252 e. The molecule has 2 aromatic carbocycles. The van der Waals surface area contributed by atoms with Gasteiger partial charge in [-0.2, -0.15) is 0 Å².